The van der Waals surface area contributed by atoms with Gasteiger partial charge in [0.15, 0.2) is 5.43 Å². The third kappa shape index (κ3) is 2.19. The van der Waals surface area contributed by atoms with Crippen molar-refractivity contribution < 1.29 is 0 Å². The number of fused-ring (bicyclic) bond motifs is 2. The van der Waals surface area contributed by atoms with Gasteiger partial charge in [-0.3, -0.25) is 4.79 Å². The van der Waals surface area contributed by atoms with Crippen LogP contribution < -0.4 is 10.7 Å². The molecule has 2 N–H and O–H groups in total. The van der Waals surface area contributed by atoms with E-state index in [1.165, 1.54) is 6.42 Å². The van der Waals surface area contributed by atoms with Crippen LogP contribution in [0, 0.1) is 0 Å². The monoisotopic (exact) mass is 290 g/mol. The predicted molar refractivity (Wildman–Crippen MR) is 92.5 cm³/mol. The van der Waals surface area contributed by atoms with Gasteiger partial charge in [-0.2, -0.15) is 0 Å². The molecule has 3 nitrogen and oxygen atoms in total. The van der Waals surface area contributed by atoms with Gasteiger partial charge in [0.25, 0.3) is 0 Å². The maximum atomic E-state index is 12.9. The summed E-state index contributed by atoms with van der Waals surface area (Å²) in [4.78, 5) is 16.2. The number of para-hydroxylation sites is 1. The molecule has 0 saturated carbocycles. The van der Waals surface area contributed by atoms with E-state index in [1.807, 2.05) is 42.5 Å². The number of hydrogen-bond donors (Lipinski definition) is 2. The van der Waals surface area contributed by atoms with E-state index in [1.54, 1.807) is 0 Å². The molecule has 0 amide bonds. The minimum atomic E-state index is 0.0900. The fraction of sp³-hybridized carbons (Fsp3) is 0.211. The number of benzene rings is 2. The van der Waals surface area contributed by atoms with Crippen LogP contribution in [0.15, 0.2) is 59.4 Å². The third-order valence-electron chi connectivity index (χ3n) is 4.33. The predicted octanol–water partition coefficient (Wildman–Crippen LogP) is 4.20. The molecule has 2 aromatic carbocycles. The summed E-state index contributed by atoms with van der Waals surface area (Å²) in [6, 6.07) is 13.9. The van der Waals surface area contributed by atoms with Gasteiger partial charge in [0, 0.05) is 22.6 Å². The lowest BCUT2D eigenvalue weighted by Gasteiger charge is -2.20. The number of rotatable bonds is 2. The minimum absolute atomic E-state index is 0.0900. The first-order chi connectivity index (χ1) is 10.8. The molecule has 22 heavy (non-hydrogen) atoms. The number of H-pyrrole nitrogens is 1. The Labute approximate surface area is 128 Å². The fourth-order valence-corrected chi connectivity index (χ4v) is 3.22. The van der Waals surface area contributed by atoms with Crippen molar-refractivity contribution in [1.29, 1.82) is 0 Å². The van der Waals surface area contributed by atoms with Crippen molar-refractivity contribution in [2.45, 2.75) is 25.3 Å². The molecule has 110 valence electrons. The van der Waals surface area contributed by atoms with Crippen molar-refractivity contribution in [1.82, 2.24) is 4.98 Å². The molecule has 1 aliphatic rings. The lowest BCUT2D eigenvalue weighted by atomic mass is 10.0. The summed E-state index contributed by atoms with van der Waals surface area (Å²) in [6.07, 6.45) is 7.87. The van der Waals surface area contributed by atoms with Crippen LogP contribution in [0.5, 0.6) is 0 Å². The van der Waals surface area contributed by atoms with Crippen LogP contribution in [0.2, 0.25) is 0 Å². The van der Waals surface area contributed by atoms with E-state index < -0.39 is 0 Å². The van der Waals surface area contributed by atoms with Crippen LogP contribution in [0.25, 0.3) is 21.8 Å². The summed E-state index contributed by atoms with van der Waals surface area (Å²) in [6.45, 7) is 0. The van der Waals surface area contributed by atoms with Gasteiger partial charge in [-0.15, -0.1) is 0 Å². The molecule has 1 aliphatic carbocycles. The summed E-state index contributed by atoms with van der Waals surface area (Å²) in [5.41, 5.74) is 2.77. The lowest BCUT2D eigenvalue weighted by molar-refractivity contribution is 0.674. The normalized spacial score (nSPS) is 17.9. The van der Waals surface area contributed by atoms with Gasteiger partial charge in [-0.25, -0.2) is 0 Å². The molecule has 1 unspecified atom stereocenters. The van der Waals surface area contributed by atoms with Crippen molar-refractivity contribution in [2.24, 2.45) is 0 Å². The first kappa shape index (κ1) is 13.1. The number of nitrogens with one attached hydrogen (secondary N) is 2. The lowest BCUT2D eigenvalue weighted by Crippen LogP contribution is -2.20. The van der Waals surface area contributed by atoms with Gasteiger partial charge < -0.3 is 10.3 Å². The Hall–Kier alpha value is -2.55. The highest BCUT2D eigenvalue weighted by Gasteiger charge is 2.13. The molecular formula is C19H18N2O. The summed E-state index contributed by atoms with van der Waals surface area (Å²) < 4.78 is 0. The molecule has 3 heteroatoms. The Morgan fingerprint density at radius 3 is 2.77 bits per heavy atom. The number of aromatic nitrogens is 1. The van der Waals surface area contributed by atoms with E-state index in [0.717, 1.165) is 40.3 Å². The maximum absolute atomic E-state index is 12.9. The molecular weight excluding hydrogens is 272 g/mol. The van der Waals surface area contributed by atoms with Gasteiger partial charge in [-0.1, -0.05) is 30.4 Å². The van der Waals surface area contributed by atoms with Crippen molar-refractivity contribution in [3.05, 3.63) is 64.8 Å². The van der Waals surface area contributed by atoms with Crippen LogP contribution in [0.1, 0.15) is 19.3 Å². The highest BCUT2D eigenvalue weighted by molar-refractivity contribution is 5.99. The van der Waals surface area contributed by atoms with E-state index in [2.05, 4.69) is 22.5 Å². The van der Waals surface area contributed by atoms with Gasteiger partial charge in [0.2, 0.25) is 0 Å². The summed E-state index contributed by atoms with van der Waals surface area (Å²) in [5, 5.41) is 5.01. The molecule has 1 heterocycles. The highest BCUT2D eigenvalue weighted by Crippen LogP contribution is 2.24. The topological polar surface area (TPSA) is 44.9 Å². The van der Waals surface area contributed by atoms with Gasteiger partial charge in [0.1, 0.15) is 0 Å². The van der Waals surface area contributed by atoms with Gasteiger partial charge >= 0.3 is 0 Å². The summed E-state index contributed by atoms with van der Waals surface area (Å²) >= 11 is 0. The molecule has 0 fully saturated rings. The Balaban J connectivity index is 1.91. The third-order valence-corrected chi connectivity index (χ3v) is 4.33. The minimum Gasteiger partial charge on any atom is -0.378 e. The van der Waals surface area contributed by atoms with Crippen molar-refractivity contribution in [2.75, 3.05) is 5.32 Å². The van der Waals surface area contributed by atoms with E-state index >= 15 is 0 Å². The molecule has 1 aromatic heterocycles. The van der Waals surface area contributed by atoms with Gasteiger partial charge in [0.05, 0.1) is 10.9 Å². The second-order valence-electron chi connectivity index (χ2n) is 5.84. The van der Waals surface area contributed by atoms with Crippen molar-refractivity contribution in [3.8, 4) is 0 Å². The van der Waals surface area contributed by atoms with E-state index in [0.29, 0.717) is 6.04 Å². The van der Waals surface area contributed by atoms with E-state index in [-0.39, 0.29) is 5.43 Å². The molecule has 3 aromatic rings. The second-order valence-corrected chi connectivity index (χ2v) is 5.84. The molecule has 4 rings (SSSR count). The number of anilines is 1. The Morgan fingerprint density at radius 1 is 1.05 bits per heavy atom. The molecule has 1 atom stereocenters. The average Bonchev–Trinajstić information content (AvgIpc) is 2.56. The standard InChI is InChI=1S/C19H18N2O/c22-19-14-9-4-5-10-15(14)21-17-12-6-11-16(18(17)19)20-13-7-2-1-3-8-13/h2,4-7,9-13,20H,1,3,8H2,(H,21,22). The zero-order valence-corrected chi connectivity index (χ0v) is 12.3. The first-order valence-corrected chi connectivity index (χ1v) is 7.80. The van der Waals surface area contributed by atoms with Crippen LogP contribution in [-0.4, -0.2) is 11.0 Å². The number of allylic oxidation sites excluding steroid dienone is 1. The SMILES string of the molecule is O=c1c2ccccc2[nH]c2cccc(NC3C=CCCC3)c12. The molecule has 0 aliphatic heterocycles. The number of aromatic amines is 1. The smallest absolute Gasteiger partial charge is 0.199 e. The van der Waals surface area contributed by atoms with Gasteiger partial charge in [-0.05, 0) is 43.5 Å². The van der Waals surface area contributed by atoms with E-state index in [9.17, 15) is 4.79 Å². The number of hydrogen-bond acceptors (Lipinski definition) is 2. The zero-order valence-electron chi connectivity index (χ0n) is 12.3. The van der Waals surface area contributed by atoms with Crippen LogP contribution in [0.3, 0.4) is 0 Å². The van der Waals surface area contributed by atoms with Crippen molar-refractivity contribution in [3.63, 3.8) is 0 Å². The fourth-order valence-electron chi connectivity index (χ4n) is 3.22. The molecule has 0 saturated heterocycles. The summed E-state index contributed by atoms with van der Waals surface area (Å²) in [7, 11) is 0. The first-order valence-electron chi connectivity index (χ1n) is 7.80. The Bertz CT molecular complexity index is 924. The number of pyridine rings is 1. The molecule has 0 bridgehead atoms. The van der Waals surface area contributed by atoms with Crippen LogP contribution >= 0.6 is 0 Å². The maximum Gasteiger partial charge on any atom is 0.199 e. The summed E-state index contributed by atoms with van der Waals surface area (Å²) in [5.74, 6) is 0. The highest BCUT2D eigenvalue weighted by atomic mass is 16.1. The second kappa shape index (κ2) is 5.34. The average molecular weight is 290 g/mol. The Kier molecular flexibility index (Phi) is 3.19. The Morgan fingerprint density at radius 2 is 1.91 bits per heavy atom. The largest absolute Gasteiger partial charge is 0.378 e. The van der Waals surface area contributed by atoms with E-state index in [4.69, 9.17) is 0 Å². The molecule has 0 radical (unpaired) electrons. The van der Waals surface area contributed by atoms with Crippen LogP contribution in [0.4, 0.5) is 5.69 Å². The quantitative estimate of drug-likeness (QED) is 0.549. The van der Waals surface area contributed by atoms with Crippen LogP contribution in [-0.2, 0) is 0 Å². The molecule has 0 spiro atoms. The zero-order chi connectivity index (χ0) is 14.9. The van der Waals surface area contributed by atoms with Crippen molar-refractivity contribution >= 4 is 27.5 Å².